The van der Waals surface area contributed by atoms with Crippen LogP contribution in [-0.2, 0) is 6.54 Å². The molecule has 1 aliphatic heterocycles. The van der Waals surface area contributed by atoms with Crippen molar-refractivity contribution in [2.75, 3.05) is 0 Å². The van der Waals surface area contributed by atoms with E-state index in [0.29, 0.717) is 18.5 Å². The van der Waals surface area contributed by atoms with Gasteiger partial charge in [0.05, 0.1) is 0 Å². The van der Waals surface area contributed by atoms with Gasteiger partial charge in [-0.2, -0.15) is 0 Å². The summed E-state index contributed by atoms with van der Waals surface area (Å²) in [6.07, 6.45) is 1.01. The second kappa shape index (κ2) is 4.52. The third-order valence-corrected chi connectivity index (χ3v) is 3.69. The van der Waals surface area contributed by atoms with E-state index in [1.807, 2.05) is 6.07 Å². The molecule has 0 aromatic heterocycles. The zero-order valence-electron chi connectivity index (χ0n) is 9.83. The summed E-state index contributed by atoms with van der Waals surface area (Å²) in [4.78, 5) is 0. The van der Waals surface area contributed by atoms with Crippen LogP contribution in [0.15, 0.2) is 18.2 Å². The van der Waals surface area contributed by atoms with E-state index in [2.05, 4.69) is 19.2 Å². The molecular formula is C13H19FN2. The molecule has 3 unspecified atom stereocenters. The number of nitrogens with two attached hydrogens (primary N) is 1. The number of hydrogen-bond acceptors (Lipinski definition) is 2. The van der Waals surface area contributed by atoms with Crippen molar-refractivity contribution in [1.82, 2.24) is 5.32 Å². The number of hydrogen-bond donors (Lipinski definition) is 2. The van der Waals surface area contributed by atoms with Crippen LogP contribution in [0, 0.1) is 11.7 Å². The predicted octanol–water partition coefficient (Wildman–Crippen LogP) is 2.34. The summed E-state index contributed by atoms with van der Waals surface area (Å²) >= 11 is 0. The van der Waals surface area contributed by atoms with Crippen LogP contribution in [0.5, 0.6) is 0 Å². The van der Waals surface area contributed by atoms with Gasteiger partial charge >= 0.3 is 0 Å². The molecular weight excluding hydrogens is 203 g/mol. The smallest absolute Gasteiger partial charge is 0.128 e. The zero-order chi connectivity index (χ0) is 11.7. The summed E-state index contributed by atoms with van der Waals surface area (Å²) in [6, 6.07) is 5.46. The Morgan fingerprint density at radius 2 is 2.25 bits per heavy atom. The van der Waals surface area contributed by atoms with Gasteiger partial charge in [0.15, 0.2) is 0 Å². The summed E-state index contributed by atoms with van der Waals surface area (Å²) in [5.41, 5.74) is 7.95. The van der Waals surface area contributed by atoms with Crippen LogP contribution in [0.2, 0.25) is 0 Å². The van der Waals surface area contributed by atoms with Crippen molar-refractivity contribution < 1.29 is 4.39 Å². The number of fused-ring (bicyclic) bond motifs is 1. The molecule has 2 nitrogen and oxygen atoms in total. The Hall–Kier alpha value is -0.930. The highest BCUT2D eigenvalue weighted by Crippen LogP contribution is 2.31. The third-order valence-electron chi connectivity index (χ3n) is 3.69. The predicted molar refractivity (Wildman–Crippen MR) is 63.4 cm³/mol. The van der Waals surface area contributed by atoms with E-state index >= 15 is 0 Å². The molecule has 2 rings (SSSR count). The quantitative estimate of drug-likeness (QED) is 0.765. The molecule has 0 saturated carbocycles. The minimum absolute atomic E-state index is 0.0688. The van der Waals surface area contributed by atoms with Gasteiger partial charge in [-0.05, 0) is 24.5 Å². The number of benzene rings is 1. The van der Waals surface area contributed by atoms with Crippen molar-refractivity contribution in [1.29, 1.82) is 0 Å². The SMILES string of the molecule is CCC1C(C)NCc2c(F)cccc2C1N. The second-order valence-electron chi connectivity index (χ2n) is 4.58. The van der Waals surface area contributed by atoms with Crippen molar-refractivity contribution in [3.63, 3.8) is 0 Å². The first kappa shape index (κ1) is 11.6. The monoisotopic (exact) mass is 222 g/mol. The molecule has 1 aromatic carbocycles. The standard InChI is InChI=1S/C13H19FN2/c1-3-9-8(2)16-7-11-10(13(9)15)5-4-6-12(11)14/h4-6,8-9,13,16H,3,7,15H2,1-2H3. The highest BCUT2D eigenvalue weighted by Gasteiger charge is 2.29. The Kier molecular flexibility index (Phi) is 3.26. The largest absolute Gasteiger partial charge is 0.324 e. The maximum atomic E-state index is 13.7. The van der Waals surface area contributed by atoms with Crippen LogP contribution in [0.3, 0.4) is 0 Å². The normalized spacial score (nSPS) is 29.6. The molecule has 0 fully saturated rings. The fourth-order valence-electron chi connectivity index (χ4n) is 2.64. The van der Waals surface area contributed by atoms with E-state index in [9.17, 15) is 4.39 Å². The Morgan fingerprint density at radius 3 is 2.94 bits per heavy atom. The maximum Gasteiger partial charge on any atom is 0.128 e. The lowest BCUT2D eigenvalue weighted by Crippen LogP contribution is -2.35. The van der Waals surface area contributed by atoms with Crippen molar-refractivity contribution in [2.24, 2.45) is 11.7 Å². The number of nitrogens with one attached hydrogen (secondary N) is 1. The minimum Gasteiger partial charge on any atom is -0.324 e. The fourth-order valence-corrected chi connectivity index (χ4v) is 2.64. The van der Waals surface area contributed by atoms with Gasteiger partial charge < -0.3 is 11.1 Å². The van der Waals surface area contributed by atoms with Crippen LogP contribution < -0.4 is 11.1 Å². The highest BCUT2D eigenvalue weighted by atomic mass is 19.1. The molecule has 88 valence electrons. The lowest BCUT2D eigenvalue weighted by molar-refractivity contribution is 0.324. The van der Waals surface area contributed by atoms with E-state index in [1.165, 1.54) is 6.07 Å². The summed E-state index contributed by atoms with van der Waals surface area (Å²) < 4.78 is 13.7. The van der Waals surface area contributed by atoms with Crippen LogP contribution in [0.1, 0.15) is 37.4 Å². The summed E-state index contributed by atoms with van der Waals surface area (Å²) in [5, 5.41) is 3.35. The van der Waals surface area contributed by atoms with Crippen LogP contribution in [0.25, 0.3) is 0 Å². The van der Waals surface area contributed by atoms with Crippen LogP contribution >= 0.6 is 0 Å². The number of rotatable bonds is 1. The Labute approximate surface area is 96.0 Å². The average molecular weight is 222 g/mol. The molecule has 0 aliphatic carbocycles. The molecule has 0 amide bonds. The van der Waals surface area contributed by atoms with Crippen LogP contribution in [0.4, 0.5) is 4.39 Å². The molecule has 3 atom stereocenters. The van der Waals surface area contributed by atoms with Gasteiger partial charge in [-0.15, -0.1) is 0 Å². The first-order valence-corrected chi connectivity index (χ1v) is 5.91. The molecule has 3 heteroatoms. The third kappa shape index (κ3) is 1.85. The van der Waals surface area contributed by atoms with Gasteiger partial charge in [-0.25, -0.2) is 4.39 Å². The topological polar surface area (TPSA) is 38.0 Å². The van der Waals surface area contributed by atoms with Gasteiger partial charge in [-0.1, -0.05) is 25.5 Å². The molecule has 0 radical (unpaired) electrons. The Bertz CT molecular complexity index is 378. The van der Waals surface area contributed by atoms with Crippen molar-refractivity contribution in [2.45, 2.75) is 38.9 Å². The lowest BCUT2D eigenvalue weighted by Gasteiger charge is -2.26. The molecule has 1 heterocycles. The Morgan fingerprint density at radius 1 is 1.50 bits per heavy atom. The summed E-state index contributed by atoms with van der Waals surface area (Å²) in [5.74, 6) is 0.215. The van der Waals surface area contributed by atoms with Gasteiger partial charge in [0.25, 0.3) is 0 Å². The Balaban J connectivity index is 2.45. The van der Waals surface area contributed by atoms with Gasteiger partial charge in [0.2, 0.25) is 0 Å². The summed E-state index contributed by atoms with van der Waals surface area (Å²) in [7, 11) is 0. The zero-order valence-corrected chi connectivity index (χ0v) is 9.83. The maximum absolute atomic E-state index is 13.7. The van der Waals surface area contributed by atoms with E-state index in [0.717, 1.165) is 17.5 Å². The number of halogens is 1. The van der Waals surface area contributed by atoms with Crippen molar-refractivity contribution in [3.05, 3.63) is 35.1 Å². The average Bonchev–Trinajstić information content (AvgIpc) is 2.38. The molecule has 3 N–H and O–H groups in total. The van der Waals surface area contributed by atoms with Gasteiger partial charge in [0, 0.05) is 24.2 Å². The fraction of sp³-hybridized carbons (Fsp3) is 0.538. The molecule has 1 aromatic rings. The molecule has 1 aliphatic rings. The van der Waals surface area contributed by atoms with Crippen molar-refractivity contribution in [3.8, 4) is 0 Å². The van der Waals surface area contributed by atoms with E-state index in [-0.39, 0.29) is 11.9 Å². The van der Waals surface area contributed by atoms with Crippen molar-refractivity contribution >= 4 is 0 Å². The van der Waals surface area contributed by atoms with Gasteiger partial charge in [0.1, 0.15) is 5.82 Å². The van der Waals surface area contributed by atoms with Gasteiger partial charge in [-0.3, -0.25) is 0 Å². The molecule has 0 spiro atoms. The van der Waals surface area contributed by atoms with Crippen LogP contribution in [-0.4, -0.2) is 6.04 Å². The molecule has 16 heavy (non-hydrogen) atoms. The summed E-state index contributed by atoms with van der Waals surface area (Å²) in [6.45, 7) is 4.83. The highest BCUT2D eigenvalue weighted by molar-refractivity contribution is 5.33. The first-order chi connectivity index (χ1) is 7.65. The minimum atomic E-state index is -0.149. The van der Waals surface area contributed by atoms with E-state index in [4.69, 9.17) is 5.73 Å². The van der Waals surface area contributed by atoms with E-state index < -0.39 is 0 Å². The van der Waals surface area contributed by atoms with E-state index in [1.54, 1.807) is 6.07 Å². The molecule has 0 bridgehead atoms. The lowest BCUT2D eigenvalue weighted by atomic mass is 9.86. The molecule has 0 saturated heterocycles. The second-order valence-corrected chi connectivity index (χ2v) is 4.58. The first-order valence-electron chi connectivity index (χ1n) is 5.91.